The number of hydrogen-bond acceptors (Lipinski definition) is 2. The van der Waals surface area contributed by atoms with Gasteiger partial charge in [0.25, 0.3) is 0 Å². The third-order valence-electron chi connectivity index (χ3n) is 3.47. The van der Waals surface area contributed by atoms with Gasteiger partial charge in [-0.05, 0) is 42.0 Å². The third-order valence-corrected chi connectivity index (χ3v) is 4.01. The van der Waals surface area contributed by atoms with Crippen LogP contribution < -0.4 is 4.74 Å². The fourth-order valence-electron chi connectivity index (χ4n) is 2.41. The van der Waals surface area contributed by atoms with Crippen LogP contribution in [0.1, 0.15) is 12.5 Å². The van der Waals surface area contributed by atoms with Crippen molar-refractivity contribution in [1.82, 2.24) is 0 Å². The van der Waals surface area contributed by atoms with Gasteiger partial charge < -0.3 is 4.74 Å². The molecule has 0 bridgehead atoms. The summed E-state index contributed by atoms with van der Waals surface area (Å²) >= 11 is 12.1. The first kappa shape index (κ1) is 15.9. The van der Waals surface area contributed by atoms with E-state index in [9.17, 15) is 0 Å². The van der Waals surface area contributed by atoms with Crippen molar-refractivity contribution in [2.45, 2.75) is 6.92 Å². The van der Waals surface area contributed by atoms with Gasteiger partial charge in [-0.25, -0.2) is 0 Å². The van der Waals surface area contributed by atoms with Crippen molar-refractivity contribution in [2.24, 2.45) is 4.99 Å². The van der Waals surface area contributed by atoms with Crippen LogP contribution in [0.25, 0.3) is 10.8 Å². The van der Waals surface area contributed by atoms with E-state index in [0.717, 1.165) is 22.1 Å². The summed E-state index contributed by atoms with van der Waals surface area (Å²) in [6.45, 7) is 2.56. The average molecular weight is 344 g/mol. The molecular weight excluding hydrogens is 329 g/mol. The van der Waals surface area contributed by atoms with Crippen molar-refractivity contribution in [2.75, 3.05) is 6.61 Å². The number of halogens is 2. The molecule has 23 heavy (non-hydrogen) atoms. The smallest absolute Gasteiger partial charge is 0.128 e. The molecule has 0 saturated carbocycles. The fraction of sp³-hybridized carbons (Fsp3) is 0.105. The van der Waals surface area contributed by atoms with E-state index in [1.807, 2.05) is 31.2 Å². The van der Waals surface area contributed by atoms with E-state index in [2.05, 4.69) is 17.1 Å². The van der Waals surface area contributed by atoms with Crippen LogP contribution >= 0.6 is 23.2 Å². The molecule has 0 N–H and O–H groups in total. The third kappa shape index (κ3) is 3.49. The highest BCUT2D eigenvalue weighted by atomic mass is 35.5. The largest absolute Gasteiger partial charge is 0.493 e. The molecule has 2 nitrogen and oxygen atoms in total. The van der Waals surface area contributed by atoms with Gasteiger partial charge in [-0.2, -0.15) is 0 Å². The van der Waals surface area contributed by atoms with Gasteiger partial charge in [0, 0.05) is 16.8 Å². The van der Waals surface area contributed by atoms with Crippen molar-refractivity contribution in [3.63, 3.8) is 0 Å². The van der Waals surface area contributed by atoms with Gasteiger partial charge in [-0.1, -0.05) is 53.5 Å². The molecule has 3 rings (SSSR count). The van der Waals surface area contributed by atoms with Gasteiger partial charge in [0.05, 0.1) is 17.3 Å². The molecule has 0 atom stereocenters. The predicted molar refractivity (Wildman–Crippen MR) is 98.8 cm³/mol. The second kappa shape index (κ2) is 7.03. The second-order valence-corrected chi connectivity index (χ2v) is 5.83. The summed E-state index contributed by atoms with van der Waals surface area (Å²) < 4.78 is 5.74. The quantitative estimate of drug-likeness (QED) is 0.509. The van der Waals surface area contributed by atoms with Gasteiger partial charge in [0.15, 0.2) is 0 Å². The highest BCUT2D eigenvalue weighted by Crippen LogP contribution is 2.30. The molecule has 0 spiro atoms. The molecule has 3 aromatic rings. The minimum Gasteiger partial charge on any atom is -0.493 e. The predicted octanol–water partition coefficient (Wildman–Crippen LogP) is 6.30. The molecule has 0 aliphatic rings. The molecule has 0 saturated heterocycles. The van der Waals surface area contributed by atoms with Crippen molar-refractivity contribution in [3.05, 3.63) is 70.2 Å². The van der Waals surface area contributed by atoms with Crippen LogP contribution in [0.4, 0.5) is 5.69 Å². The molecule has 0 aromatic heterocycles. The Bertz CT molecular complexity index is 874. The lowest BCUT2D eigenvalue weighted by Crippen LogP contribution is -1.97. The topological polar surface area (TPSA) is 21.6 Å². The van der Waals surface area contributed by atoms with Gasteiger partial charge in [0.1, 0.15) is 5.75 Å². The van der Waals surface area contributed by atoms with Gasteiger partial charge >= 0.3 is 0 Å². The lowest BCUT2D eigenvalue weighted by molar-refractivity contribution is 0.340. The van der Waals surface area contributed by atoms with Crippen molar-refractivity contribution in [1.29, 1.82) is 0 Å². The van der Waals surface area contributed by atoms with Crippen LogP contribution in [0.3, 0.4) is 0 Å². The summed E-state index contributed by atoms with van der Waals surface area (Å²) in [5.74, 6) is 0.806. The van der Waals surface area contributed by atoms with Crippen molar-refractivity contribution in [3.8, 4) is 5.75 Å². The number of ether oxygens (including phenoxy) is 1. The Balaban J connectivity index is 2.10. The number of fused-ring (bicyclic) bond motifs is 1. The number of aliphatic imine (C=N–C) groups is 1. The second-order valence-electron chi connectivity index (χ2n) is 4.99. The molecule has 0 amide bonds. The van der Waals surface area contributed by atoms with E-state index in [0.29, 0.717) is 22.3 Å². The van der Waals surface area contributed by atoms with E-state index in [-0.39, 0.29) is 0 Å². The van der Waals surface area contributed by atoms with Crippen LogP contribution in [0.5, 0.6) is 5.75 Å². The number of nitrogens with zero attached hydrogens (tertiary/aromatic N) is 1. The van der Waals surface area contributed by atoms with Gasteiger partial charge in [-0.15, -0.1) is 0 Å². The summed E-state index contributed by atoms with van der Waals surface area (Å²) in [7, 11) is 0. The van der Waals surface area contributed by atoms with Crippen LogP contribution in [0.2, 0.25) is 10.0 Å². The maximum Gasteiger partial charge on any atom is 0.128 e. The minimum absolute atomic E-state index is 0.520. The molecule has 0 radical (unpaired) electrons. The maximum absolute atomic E-state index is 6.19. The first-order valence-electron chi connectivity index (χ1n) is 7.32. The molecule has 0 aliphatic heterocycles. The Morgan fingerprint density at radius 3 is 2.65 bits per heavy atom. The highest BCUT2D eigenvalue weighted by Gasteiger charge is 2.07. The van der Waals surface area contributed by atoms with Gasteiger partial charge in [-0.3, -0.25) is 4.99 Å². The van der Waals surface area contributed by atoms with E-state index in [4.69, 9.17) is 27.9 Å². The summed E-state index contributed by atoms with van der Waals surface area (Å²) in [5, 5.41) is 3.34. The van der Waals surface area contributed by atoms with Crippen LogP contribution in [-0.4, -0.2) is 12.8 Å². The SMILES string of the molecule is CCOc1ccc2ccccc2c1C=Nc1ccc(Cl)cc1Cl. The van der Waals surface area contributed by atoms with E-state index in [1.54, 1.807) is 24.4 Å². The zero-order valence-corrected chi connectivity index (χ0v) is 14.1. The molecule has 3 aromatic carbocycles. The molecular formula is C19H15Cl2NO. The van der Waals surface area contributed by atoms with Gasteiger partial charge in [0.2, 0.25) is 0 Å². The normalized spacial score (nSPS) is 11.3. The highest BCUT2D eigenvalue weighted by molar-refractivity contribution is 6.36. The summed E-state index contributed by atoms with van der Waals surface area (Å²) in [4.78, 5) is 4.51. The Morgan fingerprint density at radius 2 is 1.87 bits per heavy atom. The molecule has 0 aliphatic carbocycles. The molecule has 4 heteroatoms. The maximum atomic E-state index is 6.19. The summed E-state index contributed by atoms with van der Waals surface area (Å²) in [5.41, 5.74) is 1.61. The molecule has 116 valence electrons. The zero-order valence-electron chi connectivity index (χ0n) is 12.6. The first-order valence-corrected chi connectivity index (χ1v) is 8.08. The van der Waals surface area contributed by atoms with E-state index < -0.39 is 0 Å². The fourth-order valence-corrected chi connectivity index (χ4v) is 2.87. The Morgan fingerprint density at radius 1 is 1.04 bits per heavy atom. The summed E-state index contributed by atoms with van der Waals surface area (Å²) in [6, 6.07) is 17.4. The lowest BCUT2D eigenvalue weighted by atomic mass is 10.0. The average Bonchev–Trinajstić information content (AvgIpc) is 2.55. The van der Waals surface area contributed by atoms with E-state index in [1.165, 1.54) is 0 Å². The summed E-state index contributed by atoms with van der Waals surface area (Å²) in [6.07, 6.45) is 1.79. The van der Waals surface area contributed by atoms with Crippen molar-refractivity contribution >= 4 is 45.9 Å². The van der Waals surface area contributed by atoms with E-state index >= 15 is 0 Å². The Hall–Kier alpha value is -2.03. The van der Waals surface area contributed by atoms with Crippen LogP contribution in [0, 0.1) is 0 Å². The monoisotopic (exact) mass is 343 g/mol. The molecule has 0 fully saturated rings. The van der Waals surface area contributed by atoms with Crippen LogP contribution in [0.15, 0.2) is 59.6 Å². The lowest BCUT2D eigenvalue weighted by Gasteiger charge is -2.10. The standard InChI is InChI=1S/C19H15Cl2NO/c1-2-23-19-10-7-13-5-3-4-6-15(13)16(19)12-22-18-9-8-14(20)11-17(18)21/h3-12H,2H2,1H3. The van der Waals surface area contributed by atoms with Crippen molar-refractivity contribution < 1.29 is 4.74 Å². The number of rotatable bonds is 4. The Labute approximate surface area is 145 Å². The molecule has 0 unspecified atom stereocenters. The zero-order chi connectivity index (χ0) is 16.2. The minimum atomic E-state index is 0.520. The number of benzene rings is 3. The van der Waals surface area contributed by atoms with Crippen LogP contribution in [-0.2, 0) is 0 Å². The molecule has 0 heterocycles. The Kier molecular flexibility index (Phi) is 4.85. The first-order chi connectivity index (χ1) is 11.2. The number of hydrogen-bond donors (Lipinski definition) is 0.